The van der Waals surface area contributed by atoms with Gasteiger partial charge in [-0.2, -0.15) is 5.10 Å². The van der Waals surface area contributed by atoms with Gasteiger partial charge in [-0.05, 0) is 31.4 Å². The van der Waals surface area contributed by atoms with Crippen molar-refractivity contribution in [3.63, 3.8) is 0 Å². The number of carbonyl (C=O) groups excluding carboxylic acids is 2. The SMILES string of the molecule is CCCCNC(=O)CCCCC(=O)NN=Cc1ccccc1OC. The molecule has 1 aromatic carbocycles. The van der Waals surface area contributed by atoms with Crippen LogP contribution in [0.3, 0.4) is 0 Å². The lowest BCUT2D eigenvalue weighted by Crippen LogP contribution is -2.24. The van der Waals surface area contributed by atoms with Crippen LogP contribution in [0.25, 0.3) is 0 Å². The molecule has 0 saturated heterocycles. The Morgan fingerprint density at radius 1 is 1.12 bits per heavy atom. The summed E-state index contributed by atoms with van der Waals surface area (Å²) in [5, 5.41) is 6.79. The number of hydrogen-bond donors (Lipinski definition) is 2. The van der Waals surface area contributed by atoms with Crippen molar-refractivity contribution in [2.45, 2.75) is 45.4 Å². The van der Waals surface area contributed by atoms with E-state index in [9.17, 15) is 9.59 Å². The molecule has 0 atom stereocenters. The van der Waals surface area contributed by atoms with Crippen LogP contribution >= 0.6 is 0 Å². The van der Waals surface area contributed by atoms with Crippen LogP contribution in [0.2, 0.25) is 0 Å². The summed E-state index contributed by atoms with van der Waals surface area (Å²) >= 11 is 0. The van der Waals surface area contributed by atoms with Crippen molar-refractivity contribution in [1.29, 1.82) is 0 Å². The largest absolute Gasteiger partial charge is 0.496 e. The van der Waals surface area contributed by atoms with E-state index in [-0.39, 0.29) is 11.8 Å². The first-order valence-electron chi connectivity index (χ1n) is 8.39. The van der Waals surface area contributed by atoms with Gasteiger partial charge in [-0.1, -0.05) is 25.5 Å². The molecule has 0 spiro atoms. The predicted molar refractivity (Wildman–Crippen MR) is 95.1 cm³/mol. The second kappa shape index (κ2) is 12.1. The van der Waals surface area contributed by atoms with E-state index < -0.39 is 0 Å². The summed E-state index contributed by atoms with van der Waals surface area (Å²) in [4.78, 5) is 23.2. The Morgan fingerprint density at radius 2 is 1.83 bits per heavy atom. The molecule has 0 bridgehead atoms. The van der Waals surface area contributed by atoms with Gasteiger partial charge in [0.05, 0.1) is 13.3 Å². The van der Waals surface area contributed by atoms with E-state index in [0.29, 0.717) is 31.4 Å². The van der Waals surface area contributed by atoms with E-state index in [1.165, 1.54) is 0 Å². The van der Waals surface area contributed by atoms with E-state index in [0.717, 1.165) is 24.9 Å². The van der Waals surface area contributed by atoms with Crippen molar-refractivity contribution in [2.24, 2.45) is 5.10 Å². The van der Waals surface area contributed by atoms with Crippen LogP contribution in [-0.4, -0.2) is 31.7 Å². The van der Waals surface area contributed by atoms with Crippen LogP contribution in [0.1, 0.15) is 51.0 Å². The van der Waals surface area contributed by atoms with Gasteiger partial charge >= 0.3 is 0 Å². The van der Waals surface area contributed by atoms with E-state index >= 15 is 0 Å². The molecular formula is C18H27N3O3. The third-order valence-corrected chi connectivity index (χ3v) is 3.44. The lowest BCUT2D eigenvalue weighted by Gasteiger charge is -2.04. The van der Waals surface area contributed by atoms with E-state index in [4.69, 9.17) is 4.74 Å². The van der Waals surface area contributed by atoms with Crippen LogP contribution in [0, 0.1) is 0 Å². The van der Waals surface area contributed by atoms with Crippen molar-refractivity contribution in [2.75, 3.05) is 13.7 Å². The summed E-state index contributed by atoms with van der Waals surface area (Å²) in [7, 11) is 1.59. The first-order chi connectivity index (χ1) is 11.7. The molecule has 24 heavy (non-hydrogen) atoms. The van der Waals surface area contributed by atoms with Crippen molar-refractivity contribution in [3.8, 4) is 5.75 Å². The van der Waals surface area contributed by atoms with Gasteiger partial charge < -0.3 is 10.1 Å². The minimum Gasteiger partial charge on any atom is -0.496 e. The maximum Gasteiger partial charge on any atom is 0.240 e. The van der Waals surface area contributed by atoms with Gasteiger partial charge in [0, 0.05) is 24.9 Å². The molecule has 1 aromatic rings. The Balaban J connectivity index is 2.18. The fourth-order valence-corrected chi connectivity index (χ4v) is 2.07. The smallest absolute Gasteiger partial charge is 0.240 e. The Labute approximate surface area is 143 Å². The molecule has 0 heterocycles. The number of nitrogens with one attached hydrogen (secondary N) is 2. The van der Waals surface area contributed by atoms with Crippen LogP contribution < -0.4 is 15.5 Å². The first kappa shape index (κ1) is 19.7. The zero-order valence-corrected chi connectivity index (χ0v) is 14.5. The highest BCUT2D eigenvalue weighted by Crippen LogP contribution is 2.14. The van der Waals surface area contributed by atoms with Gasteiger partial charge in [0.15, 0.2) is 0 Å². The zero-order valence-electron chi connectivity index (χ0n) is 14.5. The number of rotatable bonds is 11. The van der Waals surface area contributed by atoms with Gasteiger partial charge in [0.2, 0.25) is 11.8 Å². The molecule has 0 unspecified atom stereocenters. The number of amides is 2. The number of ether oxygens (including phenoxy) is 1. The minimum atomic E-state index is -0.160. The minimum absolute atomic E-state index is 0.0538. The second-order valence-corrected chi connectivity index (χ2v) is 5.45. The molecule has 6 heteroatoms. The molecular weight excluding hydrogens is 306 g/mol. The molecule has 2 N–H and O–H groups in total. The Kier molecular flexibility index (Phi) is 9.92. The second-order valence-electron chi connectivity index (χ2n) is 5.45. The van der Waals surface area contributed by atoms with Gasteiger partial charge in [-0.3, -0.25) is 9.59 Å². The quantitative estimate of drug-likeness (QED) is 0.371. The predicted octanol–water partition coefficient (Wildman–Crippen LogP) is 2.62. The fraction of sp³-hybridized carbons (Fsp3) is 0.500. The molecule has 132 valence electrons. The summed E-state index contributed by atoms with van der Waals surface area (Å²) in [6.07, 6.45) is 5.79. The number of nitrogens with zero attached hydrogens (tertiary/aromatic N) is 1. The van der Waals surface area contributed by atoms with Crippen molar-refractivity contribution in [3.05, 3.63) is 29.8 Å². The highest BCUT2D eigenvalue weighted by Gasteiger charge is 2.03. The average Bonchev–Trinajstić information content (AvgIpc) is 2.59. The third-order valence-electron chi connectivity index (χ3n) is 3.44. The van der Waals surface area contributed by atoms with Crippen molar-refractivity contribution < 1.29 is 14.3 Å². The standard InChI is InChI=1S/C18H27N3O3/c1-3-4-13-19-17(22)11-7-8-12-18(23)21-20-14-15-9-5-6-10-16(15)24-2/h5-6,9-10,14H,3-4,7-8,11-13H2,1-2H3,(H,19,22)(H,21,23). The van der Waals surface area contributed by atoms with E-state index in [1.54, 1.807) is 13.3 Å². The van der Waals surface area contributed by atoms with Gasteiger partial charge in [-0.15, -0.1) is 0 Å². The number of para-hydroxylation sites is 1. The third kappa shape index (κ3) is 8.31. The molecule has 0 aliphatic heterocycles. The van der Waals surface area contributed by atoms with E-state index in [1.807, 2.05) is 24.3 Å². The Bertz CT molecular complexity index is 544. The lowest BCUT2D eigenvalue weighted by atomic mass is 10.2. The summed E-state index contributed by atoms with van der Waals surface area (Å²) in [6.45, 7) is 2.81. The molecule has 0 radical (unpaired) electrons. The van der Waals surface area contributed by atoms with Gasteiger partial charge in [0.1, 0.15) is 5.75 Å². The van der Waals surface area contributed by atoms with Crippen LogP contribution in [0.4, 0.5) is 0 Å². The molecule has 0 fully saturated rings. The normalized spacial score (nSPS) is 10.6. The van der Waals surface area contributed by atoms with Crippen LogP contribution in [-0.2, 0) is 9.59 Å². The number of hydrazone groups is 1. The summed E-state index contributed by atoms with van der Waals surface area (Å²) in [6, 6.07) is 7.42. The summed E-state index contributed by atoms with van der Waals surface area (Å²) in [5.74, 6) is 0.593. The number of carbonyl (C=O) groups is 2. The highest BCUT2D eigenvalue weighted by molar-refractivity contribution is 5.85. The molecule has 0 aliphatic carbocycles. The lowest BCUT2D eigenvalue weighted by molar-refractivity contribution is -0.123. The molecule has 1 rings (SSSR count). The first-order valence-corrected chi connectivity index (χ1v) is 8.39. The summed E-state index contributed by atoms with van der Waals surface area (Å²) < 4.78 is 5.20. The van der Waals surface area contributed by atoms with Crippen molar-refractivity contribution >= 4 is 18.0 Å². The fourth-order valence-electron chi connectivity index (χ4n) is 2.07. The van der Waals surface area contributed by atoms with Crippen LogP contribution in [0.15, 0.2) is 29.4 Å². The number of benzene rings is 1. The topological polar surface area (TPSA) is 79.8 Å². The number of unbranched alkanes of at least 4 members (excludes halogenated alkanes) is 2. The molecule has 0 saturated carbocycles. The van der Waals surface area contributed by atoms with Crippen molar-refractivity contribution in [1.82, 2.24) is 10.7 Å². The molecule has 2 amide bonds. The maximum atomic E-state index is 11.7. The van der Waals surface area contributed by atoms with Gasteiger partial charge in [0.25, 0.3) is 0 Å². The monoisotopic (exact) mass is 333 g/mol. The number of hydrogen-bond acceptors (Lipinski definition) is 4. The molecule has 0 aromatic heterocycles. The maximum absolute atomic E-state index is 11.7. The highest BCUT2D eigenvalue weighted by atomic mass is 16.5. The number of methoxy groups -OCH3 is 1. The molecule has 6 nitrogen and oxygen atoms in total. The molecule has 0 aliphatic rings. The van der Waals surface area contributed by atoms with E-state index in [2.05, 4.69) is 22.8 Å². The van der Waals surface area contributed by atoms with Gasteiger partial charge in [-0.25, -0.2) is 5.43 Å². The average molecular weight is 333 g/mol. The Morgan fingerprint density at radius 3 is 2.54 bits per heavy atom. The zero-order chi connectivity index (χ0) is 17.6. The summed E-state index contributed by atoms with van der Waals surface area (Å²) in [5.41, 5.74) is 3.28. The Hall–Kier alpha value is -2.37. The van der Waals surface area contributed by atoms with Crippen LogP contribution in [0.5, 0.6) is 5.75 Å².